The fourth-order valence-electron chi connectivity index (χ4n) is 3.33. The van der Waals surface area contributed by atoms with Gasteiger partial charge in [0.05, 0.1) is 6.04 Å². The number of ether oxygens (including phenoxy) is 1. The molecule has 5 heteroatoms. The summed E-state index contributed by atoms with van der Waals surface area (Å²) in [4.78, 5) is 16.8. The number of piperidine rings is 1. The molecule has 0 aromatic heterocycles. The number of hydrogen-bond donors (Lipinski definition) is 1. The van der Waals surface area contributed by atoms with E-state index in [1.165, 1.54) is 18.4 Å². The number of nitrogens with zero attached hydrogens (tertiary/aromatic N) is 2. The topological polar surface area (TPSA) is 44.8 Å². The number of benzene rings is 1. The molecule has 0 spiro atoms. The molecule has 0 saturated carbocycles. The smallest absolute Gasteiger partial charge is 0.408 e. The number of hydrogen-bond acceptors (Lipinski definition) is 4. The van der Waals surface area contributed by atoms with Crippen LogP contribution in [0.1, 0.15) is 57.7 Å². The van der Waals surface area contributed by atoms with E-state index in [1.807, 2.05) is 27.7 Å². The molecule has 0 radical (unpaired) electrons. The summed E-state index contributed by atoms with van der Waals surface area (Å²) in [5, 5.41) is 2.89. The molecule has 26 heavy (non-hydrogen) atoms. The van der Waals surface area contributed by atoms with Crippen LogP contribution < -0.4 is 5.32 Å². The second-order valence-electron chi connectivity index (χ2n) is 8.58. The maximum Gasteiger partial charge on any atom is 0.408 e. The van der Waals surface area contributed by atoms with Crippen molar-refractivity contribution in [3.05, 3.63) is 35.4 Å². The average Bonchev–Trinajstić information content (AvgIpc) is 2.54. The molecule has 146 valence electrons. The number of rotatable bonds is 5. The second kappa shape index (κ2) is 8.87. The highest BCUT2D eigenvalue weighted by molar-refractivity contribution is 5.68. The van der Waals surface area contributed by atoms with E-state index < -0.39 is 5.60 Å². The van der Waals surface area contributed by atoms with Gasteiger partial charge in [-0.25, -0.2) is 4.79 Å². The van der Waals surface area contributed by atoms with Crippen molar-refractivity contribution in [1.82, 2.24) is 15.1 Å². The van der Waals surface area contributed by atoms with E-state index in [2.05, 4.69) is 53.5 Å². The van der Waals surface area contributed by atoms with Crippen molar-refractivity contribution in [2.45, 2.75) is 64.8 Å². The molecule has 1 aromatic carbocycles. The van der Waals surface area contributed by atoms with Crippen molar-refractivity contribution < 1.29 is 9.53 Å². The van der Waals surface area contributed by atoms with Gasteiger partial charge >= 0.3 is 6.09 Å². The molecule has 2 rings (SSSR count). The molecule has 1 amide bonds. The molecule has 1 aliphatic heterocycles. The van der Waals surface area contributed by atoms with Crippen molar-refractivity contribution >= 4 is 6.09 Å². The van der Waals surface area contributed by atoms with Gasteiger partial charge in [0.2, 0.25) is 0 Å². The molecule has 0 bridgehead atoms. The first-order chi connectivity index (χ1) is 12.1. The number of nitrogens with one attached hydrogen (secondary N) is 1. The van der Waals surface area contributed by atoms with Gasteiger partial charge in [0.25, 0.3) is 0 Å². The quantitative estimate of drug-likeness (QED) is 0.866. The summed E-state index contributed by atoms with van der Waals surface area (Å²) in [5.41, 5.74) is 1.93. The molecular formula is C21H35N3O2. The van der Waals surface area contributed by atoms with Gasteiger partial charge in [-0.1, -0.05) is 24.3 Å². The lowest BCUT2D eigenvalue weighted by Crippen LogP contribution is -2.41. The predicted octanol–water partition coefficient (Wildman–Crippen LogP) is 3.80. The van der Waals surface area contributed by atoms with Crippen LogP contribution in [0.4, 0.5) is 4.79 Å². The standard InChI is InChI=1S/C21H35N3O2/c1-16(22-20(25)26-21(2,3)4)18-9-7-17(8-10-18)15-24-13-11-19(12-14-24)23(5)6/h7-10,16,19H,11-15H2,1-6H3,(H,22,25)/t16-/m0/s1. The van der Waals surface area contributed by atoms with Crippen LogP contribution in [0.5, 0.6) is 0 Å². The largest absolute Gasteiger partial charge is 0.444 e. The predicted molar refractivity (Wildman–Crippen MR) is 106 cm³/mol. The zero-order valence-corrected chi connectivity index (χ0v) is 17.2. The van der Waals surface area contributed by atoms with E-state index in [1.54, 1.807) is 0 Å². The van der Waals surface area contributed by atoms with Gasteiger partial charge in [-0.15, -0.1) is 0 Å². The van der Waals surface area contributed by atoms with Gasteiger partial charge in [-0.3, -0.25) is 4.90 Å². The molecule has 1 aliphatic rings. The molecule has 0 aliphatic carbocycles. The summed E-state index contributed by atoms with van der Waals surface area (Å²) in [6.45, 7) is 10.9. The highest BCUT2D eigenvalue weighted by Gasteiger charge is 2.21. The Labute approximate surface area is 158 Å². The molecule has 1 saturated heterocycles. The highest BCUT2D eigenvalue weighted by Crippen LogP contribution is 2.19. The maximum atomic E-state index is 11.9. The van der Waals surface area contributed by atoms with Crippen molar-refractivity contribution in [3.63, 3.8) is 0 Å². The third kappa shape index (κ3) is 6.61. The lowest BCUT2D eigenvalue weighted by Gasteiger charge is -2.35. The van der Waals surface area contributed by atoms with Gasteiger partial charge < -0.3 is 15.0 Å². The Morgan fingerprint density at radius 1 is 1.23 bits per heavy atom. The molecule has 1 atom stereocenters. The third-order valence-electron chi connectivity index (χ3n) is 4.91. The third-order valence-corrected chi connectivity index (χ3v) is 4.91. The monoisotopic (exact) mass is 361 g/mol. The minimum atomic E-state index is -0.478. The first kappa shape index (κ1) is 20.7. The Hall–Kier alpha value is -1.59. The summed E-state index contributed by atoms with van der Waals surface area (Å²) >= 11 is 0. The van der Waals surface area contributed by atoms with Gasteiger partial charge in [0, 0.05) is 12.6 Å². The molecule has 1 aromatic rings. The highest BCUT2D eigenvalue weighted by atomic mass is 16.6. The van der Waals surface area contributed by atoms with Crippen LogP contribution in [0, 0.1) is 0 Å². The zero-order chi connectivity index (χ0) is 19.3. The Bertz CT molecular complexity index is 570. The number of likely N-dealkylation sites (tertiary alicyclic amines) is 1. The number of carbonyl (C=O) groups is 1. The molecule has 1 fully saturated rings. The summed E-state index contributed by atoms with van der Waals surface area (Å²) in [6, 6.07) is 9.18. The summed E-state index contributed by atoms with van der Waals surface area (Å²) in [5.74, 6) is 0. The number of carbonyl (C=O) groups excluding carboxylic acids is 1. The number of amides is 1. The van der Waals surface area contributed by atoms with Crippen LogP contribution in [-0.4, -0.2) is 54.7 Å². The van der Waals surface area contributed by atoms with E-state index in [-0.39, 0.29) is 12.1 Å². The summed E-state index contributed by atoms with van der Waals surface area (Å²) in [6.07, 6.45) is 2.10. The number of alkyl carbamates (subject to hydrolysis) is 1. The molecule has 1 heterocycles. The Morgan fingerprint density at radius 3 is 2.31 bits per heavy atom. The van der Waals surface area contributed by atoms with Crippen molar-refractivity contribution in [2.24, 2.45) is 0 Å². The molecular weight excluding hydrogens is 326 g/mol. The molecule has 1 N–H and O–H groups in total. The van der Waals surface area contributed by atoms with Crippen molar-refractivity contribution in [1.29, 1.82) is 0 Å². The normalized spacial score (nSPS) is 18.0. The van der Waals surface area contributed by atoms with Crippen molar-refractivity contribution in [2.75, 3.05) is 27.2 Å². The SMILES string of the molecule is C[C@H](NC(=O)OC(C)(C)C)c1ccc(CN2CCC(N(C)C)CC2)cc1. The first-order valence-corrected chi connectivity index (χ1v) is 9.61. The lowest BCUT2D eigenvalue weighted by atomic mass is 10.0. The first-order valence-electron chi connectivity index (χ1n) is 9.61. The lowest BCUT2D eigenvalue weighted by molar-refractivity contribution is 0.0508. The van der Waals surface area contributed by atoms with Gasteiger partial charge in [0.1, 0.15) is 5.60 Å². The van der Waals surface area contributed by atoms with Crippen LogP contribution in [0.2, 0.25) is 0 Å². The average molecular weight is 362 g/mol. The van der Waals surface area contributed by atoms with E-state index >= 15 is 0 Å². The van der Waals surface area contributed by atoms with Crippen LogP contribution >= 0.6 is 0 Å². The van der Waals surface area contributed by atoms with E-state index in [0.717, 1.165) is 25.2 Å². The fraction of sp³-hybridized carbons (Fsp3) is 0.667. The van der Waals surface area contributed by atoms with Gasteiger partial charge in [-0.2, -0.15) is 0 Å². The van der Waals surface area contributed by atoms with Gasteiger partial charge in [0.15, 0.2) is 0 Å². The Morgan fingerprint density at radius 2 is 1.81 bits per heavy atom. The molecule has 5 nitrogen and oxygen atoms in total. The van der Waals surface area contributed by atoms with Crippen LogP contribution in [0.25, 0.3) is 0 Å². The van der Waals surface area contributed by atoms with Gasteiger partial charge in [-0.05, 0) is 78.8 Å². The minimum absolute atomic E-state index is 0.0743. The Kier molecular flexibility index (Phi) is 7.07. The van der Waals surface area contributed by atoms with E-state index in [0.29, 0.717) is 6.04 Å². The van der Waals surface area contributed by atoms with Crippen LogP contribution in [0.3, 0.4) is 0 Å². The minimum Gasteiger partial charge on any atom is -0.444 e. The zero-order valence-electron chi connectivity index (χ0n) is 17.2. The maximum absolute atomic E-state index is 11.9. The van der Waals surface area contributed by atoms with Crippen LogP contribution in [0.15, 0.2) is 24.3 Å². The second-order valence-corrected chi connectivity index (χ2v) is 8.58. The van der Waals surface area contributed by atoms with Crippen molar-refractivity contribution in [3.8, 4) is 0 Å². The Balaban J connectivity index is 1.83. The van der Waals surface area contributed by atoms with E-state index in [9.17, 15) is 4.79 Å². The fourth-order valence-corrected chi connectivity index (χ4v) is 3.33. The molecule has 0 unspecified atom stereocenters. The summed E-state index contributed by atoms with van der Waals surface area (Å²) < 4.78 is 5.32. The van der Waals surface area contributed by atoms with Crippen LogP contribution in [-0.2, 0) is 11.3 Å². The van der Waals surface area contributed by atoms with E-state index in [4.69, 9.17) is 4.74 Å². The summed E-state index contributed by atoms with van der Waals surface area (Å²) in [7, 11) is 4.34.